The first-order valence-corrected chi connectivity index (χ1v) is 11.1. The zero-order valence-electron chi connectivity index (χ0n) is 17.4. The molecule has 7 nitrogen and oxygen atoms in total. The molecule has 1 aliphatic rings. The topological polar surface area (TPSA) is 85.3 Å². The fourth-order valence-corrected chi connectivity index (χ4v) is 4.23. The Balaban J connectivity index is 1.31. The van der Waals surface area contributed by atoms with E-state index in [1.54, 1.807) is 18.2 Å². The van der Waals surface area contributed by atoms with Gasteiger partial charge in [-0.1, -0.05) is 23.2 Å². The number of aromatic nitrogens is 2. The summed E-state index contributed by atoms with van der Waals surface area (Å²) in [6.07, 6.45) is 2.68. The summed E-state index contributed by atoms with van der Waals surface area (Å²) in [6.45, 7) is 2.11. The molecule has 0 saturated carbocycles. The third kappa shape index (κ3) is 4.61. The lowest BCUT2D eigenvalue weighted by Crippen LogP contribution is -2.30. The van der Waals surface area contributed by atoms with Crippen LogP contribution in [0.2, 0.25) is 10.0 Å². The maximum Gasteiger partial charge on any atom is 0.281 e. The van der Waals surface area contributed by atoms with Gasteiger partial charge in [0.2, 0.25) is 0 Å². The van der Waals surface area contributed by atoms with Gasteiger partial charge in [0.05, 0.1) is 22.7 Å². The van der Waals surface area contributed by atoms with Gasteiger partial charge in [0.25, 0.3) is 5.69 Å². The highest BCUT2D eigenvalue weighted by Crippen LogP contribution is 2.34. The van der Waals surface area contributed by atoms with Crippen molar-refractivity contribution in [2.24, 2.45) is 0 Å². The Bertz CT molecular complexity index is 1340. The molecule has 0 N–H and O–H groups in total. The monoisotopic (exact) mass is 480 g/mol. The summed E-state index contributed by atoms with van der Waals surface area (Å²) in [5, 5.41) is 12.4. The molecule has 0 aliphatic carbocycles. The number of halogens is 2. The van der Waals surface area contributed by atoms with Crippen LogP contribution in [-0.2, 0) is 19.5 Å². The van der Waals surface area contributed by atoms with E-state index >= 15 is 0 Å². The molecular formula is C24H18Cl2N4O3. The van der Waals surface area contributed by atoms with Gasteiger partial charge in [-0.2, -0.15) is 0 Å². The van der Waals surface area contributed by atoms with Gasteiger partial charge in [0, 0.05) is 52.9 Å². The maximum atomic E-state index is 11.4. The van der Waals surface area contributed by atoms with Crippen molar-refractivity contribution in [2.45, 2.75) is 19.5 Å². The Morgan fingerprint density at radius 2 is 1.85 bits per heavy atom. The van der Waals surface area contributed by atoms with Crippen molar-refractivity contribution in [1.29, 1.82) is 0 Å². The highest BCUT2D eigenvalue weighted by atomic mass is 35.5. The van der Waals surface area contributed by atoms with Gasteiger partial charge < -0.3 is 4.42 Å². The van der Waals surface area contributed by atoms with E-state index in [-0.39, 0.29) is 5.69 Å². The van der Waals surface area contributed by atoms with Crippen LogP contribution in [0.15, 0.2) is 65.2 Å². The summed E-state index contributed by atoms with van der Waals surface area (Å²) >= 11 is 11.9. The zero-order valence-corrected chi connectivity index (χ0v) is 18.9. The Morgan fingerprint density at radius 3 is 2.64 bits per heavy atom. The minimum absolute atomic E-state index is 0.0797. The predicted molar refractivity (Wildman–Crippen MR) is 126 cm³/mol. The van der Waals surface area contributed by atoms with E-state index in [4.69, 9.17) is 32.6 Å². The molecule has 9 heteroatoms. The zero-order chi connectivity index (χ0) is 22.9. The fraction of sp³-hybridized carbons (Fsp3) is 0.167. The van der Waals surface area contributed by atoms with Gasteiger partial charge in [0.15, 0.2) is 5.82 Å². The second-order valence-corrected chi connectivity index (χ2v) is 8.69. The first-order valence-electron chi connectivity index (χ1n) is 10.3. The lowest BCUT2D eigenvalue weighted by molar-refractivity contribution is -0.384. The standard InChI is InChI=1S/C24H18Cl2N4O3/c25-17-3-1-15(2-4-17)24-27-12-16-13-29(10-9-21(16)28-24)14-19-6-8-23(33-19)20-7-5-18(26)11-22(20)30(31)32/h1-8,11-12H,9-10,13-14H2. The average molecular weight is 481 g/mol. The van der Waals surface area contributed by atoms with E-state index in [0.717, 1.165) is 35.5 Å². The second kappa shape index (κ2) is 8.94. The molecule has 166 valence electrons. The summed E-state index contributed by atoms with van der Waals surface area (Å²) < 4.78 is 5.95. The van der Waals surface area contributed by atoms with Crippen LogP contribution in [0.5, 0.6) is 0 Å². The molecule has 4 aromatic rings. The Labute approximate surface area is 199 Å². The summed E-state index contributed by atoms with van der Waals surface area (Å²) in [4.78, 5) is 22.5. The van der Waals surface area contributed by atoms with Gasteiger partial charge >= 0.3 is 0 Å². The first kappa shape index (κ1) is 21.6. The Kier molecular flexibility index (Phi) is 5.85. The molecule has 0 spiro atoms. The minimum atomic E-state index is -0.455. The van der Waals surface area contributed by atoms with Crippen molar-refractivity contribution >= 4 is 28.9 Å². The van der Waals surface area contributed by atoms with E-state index in [1.807, 2.05) is 36.5 Å². The number of nitrogens with zero attached hydrogens (tertiary/aromatic N) is 4. The Hall–Kier alpha value is -3.26. The van der Waals surface area contributed by atoms with E-state index in [0.29, 0.717) is 40.3 Å². The molecule has 1 aliphatic heterocycles. The highest BCUT2D eigenvalue weighted by molar-refractivity contribution is 6.31. The predicted octanol–water partition coefficient (Wildman–Crippen LogP) is 6.18. The Morgan fingerprint density at radius 1 is 1.06 bits per heavy atom. The second-order valence-electron chi connectivity index (χ2n) is 7.82. The van der Waals surface area contributed by atoms with Gasteiger partial charge in [-0.05, 0) is 48.5 Å². The third-order valence-corrected chi connectivity index (χ3v) is 6.07. The number of hydrogen-bond acceptors (Lipinski definition) is 6. The van der Waals surface area contributed by atoms with E-state index < -0.39 is 4.92 Å². The van der Waals surface area contributed by atoms with Crippen LogP contribution in [0.25, 0.3) is 22.7 Å². The van der Waals surface area contributed by atoms with Crippen molar-refractivity contribution in [1.82, 2.24) is 14.9 Å². The van der Waals surface area contributed by atoms with Crippen molar-refractivity contribution in [2.75, 3.05) is 6.54 Å². The summed E-state index contributed by atoms with van der Waals surface area (Å²) in [6, 6.07) is 15.7. The largest absolute Gasteiger partial charge is 0.459 e. The number of hydrogen-bond donors (Lipinski definition) is 0. The number of benzene rings is 2. The summed E-state index contributed by atoms with van der Waals surface area (Å²) in [7, 11) is 0. The van der Waals surface area contributed by atoms with E-state index in [2.05, 4.69) is 9.88 Å². The van der Waals surface area contributed by atoms with Crippen LogP contribution in [0.1, 0.15) is 17.0 Å². The van der Waals surface area contributed by atoms with Crippen molar-refractivity contribution < 1.29 is 9.34 Å². The molecule has 0 fully saturated rings. The van der Waals surface area contributed by atoms with Crippen molar-refractivity contribution in [3.63, 3.8) is 0 Å². The molecule has 0 bridgehead atoms. The number of nitro benzene ring substituents is 1. The number of furan rings is 1. The fourth-order valence-electron chi connectivity index (χ4n) is 3.94. The molecular weight excluding hydrogens is 463 g/mol. The molecule has 0 amide bonds. The smallest absolute Gasteiger partial charge is 0.281 e. The molecule has 2 aromatic carbocycles. The lowest BCUT2D eigenvalue weighted by atomic mass is 10.1. The molecule has 5 rings (SSSR count). The van der Waals surface area contributed by atoms with E-state index in [1.165, 1.54) is 6.07 Å². The number of nitro groups is 1. The third-order valence-electron chi connectivity index (χ3n) is 5.58. The molecule has 2 aromatic heterocycles. The molecule has 0 radical (unpaired) electrons. The van der Waals surface area contributed by atoms with Gasteiger partial charge in [-0.25, -0.2) is 9.97 Å². The van der Waals surface area contributed by atoms with Crippen LogP contribution >= 0.6 is 23.2 Å². The van der Waals surface area contributed by atoms with Crippen molar-refractivity contribution in [3.8, 4) is 22.7 Å². The number of fused-ring (bicyclic) bond motifs is 1. The normalized spacial score (nSPS) is 13.6. The van der Waals surface area contributed by atoms with Crippen LogP contribution in [0, 0.1) is 10.1 Å². The minimum Gasteiger partial charge on any atom is -0.459 e. The molecule has 0 atom stereocenters. The quantitative estimate of drug-likeness (QED) is 0.250. The number of rotatable bonds is 5. The van der Waals surface area contributed by atoms with Crippen LogP contribution in [0.3, 0.4) is 0 Å². The molecule has 0 unspecified atom stereocenters. The summed E-state index contributed by atoms with van der Waals surface area (Å²) in [5.41, 5.74) is 3.39. The van der Waals surface area contributed by atoms with Gasteiger partial charge in [-0.15, -0.1) is 0 Å². The van der Waals surface area contributed by atoms with Crippen LogP contribution in [-0.4, -0.2) is 26.3 Å². The molecule has 0 saturated heterocycles. The first-order chi connectivity index (χ1) is 16.0. The summed E-state index contributed by atoms with van der Waals surface area (Å²) in [5.74, 6) is 1.87. The van der Waals surface area contributed by atoms with Crippen molar-refractivity contribution in [3.05, 3.63) is 98.0 Å². The SMILES string of the molecule is O=[N+]([O-])c1cc(Cl)ccc1-c1ccc(CN2CCc3nc(-c4ccc(Cl)cc4)ncc3C2)o1. The van der Waals surface area contributed by atoms with Gasteiger partial charge in [0.1, 0.15) is 11.5 Å². The van der Waals surface area contributed by atoms with Crippen LogP contribution < -0.4 is 0 Å². The molecule has 3 heterocycles. The highest BCUT2D eigenvalue weighted by Gasteiger charge is 2.22. The maximum absolute atomic E-state index is 11.4. The lowest BCUT2D eigenvalue weighted by Gasteiger charge is -2.27. The molecule has 33 heavy (non-hydrogen) atoms. The average Bonchev–Trinajstić information content (AvgIpc) is 3.27. The van der Waals surface area contributed by atoms with E-state index in [9.17, 15) is 10.1 Å². The van der Waals surface area contributed by atoms with Gasteiger partial charge in [-0.3, -0.25) is 15.0 Å². The van der Waals surface area contributed by atoms with Crippen LogP contribution in [0.4, 0.5) is 5.69 Å².